The third kappa shape index (κ3) is 3.80. The number of rotatable bonds is 5. The number of nitrogens with zero attached hydrogens (tertiary/aromatic N) is 2. The fourth-order valence-electron chi connectivity index (χ4n) is 2.96. The largest absolute Gasteiger partial charge is 0.496 e. The molecule has 8 heteroatoms. The zero-order valence-corrected chi connectivity index (χ0v) is 15.6. The second kappa shape index (κ2) is 8.18. The summed E-state index contributed by atoms with van der Waals surface area (Å²) in [7, 11) is 1.63. The predicted octanol–water partition coefficient (Wildman–Crippen LogP) is 2.24. The number of ether oxygens (including phenoxy) is 1. The molecule has 2 aromatic rings. The van der Waals surface area contributed by atoms with Gasteiger partial charge in [-0.2, -0.15) is 0 Å². The maximum Gasteiger partial charge on any atom is 0.318 e. The minimum Gasteiger partial charge on any atom is -0.496 e. The number of benzene rings is 1. The summed E-state index contributed by atoms with van der Waals surface area (Å²) >= 11 is 1.51. The van der Waals surface area contributed by atoms with Gasteiger partial charge < -0.3 is 20.3 Å². The lowest BCUT2D eigenvalue weighted by Crippen LogP contribution is -2.59. The fourth-order valence-corrected chi connectivity index (χ4v) is 3.85. The van der Waals surface area contributed by atoms with Crippen LogP contribution >= 0.6 is 11.3 Å². The van der Waals surface area contributed by atoms with E-state index in [4.69, 9.17) is 4.74 Å². The van der Waals surface area contributed by atoms with Crippen molar-refractivity contribution >= 4 is 23.3 Å². The standard InChI is InChI=1S/C18H22N4O3S/c1-3-14-16(23)19-8-9-22(14)18(24)21-11-12-10-20-17(26-12)13-6-4-5-7-15(13)25-2/h4-7,10,14H,3,8-9,11H2,1-2H3,(H,19,23)(H,21,24)/t14-/m0/s1. The van der Waals surface area contributed by atoms with Crippen molar-refractivity contribution < 1.29 is 14.3 Å². The first-order chi connectivity index (χ1) is 12.6. The zero-order valence-electron chi connectivity index (χ0n) is 14.8. The van der Waals surface area contributed by atoms with Crippen molar-refractivity contribution in [3.8, 4) is 16.3 Å². The van der Waals surface area contributed by atoms with E-state index in [0.717, 1.165) is 21.2 Å². The molecule has 3 rings (SSSR count). The van der Waals surface area contributed by atoms with Crippen LogP contribution in [0.5, 0.6) is 5.75 Å². The second-order valence-corrected chi connectivity index (χ2v) is 7.01. The van der Waals surface area contributed by atoms with E-state index in [1.807, 2.05) is 31.2 Å². The molecule has 0 spiro atoms. The number of hydrogen-bond acceptors (Lipinski definition) is 5. The van der Waals surface area contributed by atoms with Gasteiger partial charge in [0.1, 0.15) is 16.8 Å². The van der Waals surface area contributed by atoms with Crippen LogP contribution in [0.2, 0.25) is 0 Å². The highest BCUT2D eigenvalue weighted by atomic mass is 32.1. The monoisotopic (exact) mass is 374 g/mol. The van der Waals surface area contributed by atoms with Crippen LogP contribution in [0.15, 0.2) is 30.5 Å². The Morgan fingerprint density at radius 2 is 2.27 bits per heavy atom. The number of nitrogens with one attached hydrogen (secondary N) is 2. The van der Waals surface area contributed by atoms with Gasteiger partial charge in [-0.05, 0) is 18.6 Å². The SMILES string of the molecule is CC[C@H]1C(=O)NCCN1C(=O)NCc1cnc(-c2ccccc2OC)s1. The van der Waals surface area contributed by atoms with Gasteiger partial charge in [-0.25, -0.2) is 9.78 Å². The minimum atomic E-state index is -0.408. The molecule has 138 valence electrons. The van der Waals surface area contributed by atoms with Gasteiger partial charge in [0.15, 0.2) is 0 Å². The van der Waals surface area contributed by atoms with Crippen LogP contribution in [-0.4, -0.2) is 48.1 Å². The Morgan fingerprint density at radius 1 is 1.46 bits per heavy atom. The van der Waals surface area contributed by atoms with Crippen molar-refractivity contribution in [2.24, 2.45) is 0 Å². The Morgan fingerprint density at radius 3 is 3.04 bits per heavy atom. The summed E-state index contributed by atoms with van der Waals surface area (Å²) in [5.41, 5.74) is 0.927. The van der Waals surface area contributed by atoms with Crippen molar-refractivity contribution in [3.05, 3.63) is 35.3 Å². The third-order valence-corrected chi connectivity index (χ3v) is 5.31. The molecule has 26 heavy (non-hydrogen) atoms. The number of carbonyl (C=O) groups is 2. The third-order valence-electron chi connectivity index (χ3n) is 4.28. The van der Waals surface area contributed by atoms with E-state index in [1.165, 1.54) is 11.3 Å². The van der Waals surface area contributed by atoms with Crippen LogP contribution < -0.4 is 15.4 Å². The Hall–Kier alpha value is -2.61. The van der Waals surface area contributed by atoms with E-state index in [1.54, 1.807) is 18.2 Å². The van der Waals surface area contributed by atoms with Gasteiger partial charge in [0.25, 0.3) is 0 Å². The molecule has 0 saturated carbocycles. The molecule has 1 aliphatic rings. The molecule has 0 aliphatic carbocycles. The van der Waals surface area contributed by atoms with E-state index in [9.17, 15) is 9.59 Å². The smallest absolute Gasteiger partial charge is 0.318 e. The molecule has 2 heterocycles. The van der Waals surface area contributed by atoms with Crippen molar-refractivity contribution in [2.75, 3.05) is 20.2 Å². The van der Waals surface area contributed by atoms with Crippen LogP contribution in [0.3, 0.4) is 0 Å². The Labute approximate surface area is 156 Å². The molecule has 1 atom stereocenters. The normalized spacial score (nSPS) is 16.9. The number of aromatic nitrogens is 1. The maximum atomic E-state index is 12.5. The number of methoxy groups -OCH3 is 1. The van der Waals surface area contributed by atoms with Crippen LogP contribution in [-0.2, 0) is 11.3 Å². The summed E-state index contributed by atoms with van der Waals surface area (Å²) in [6.07, 6.45) is 2.35. The van der Waals surface area contributed by atoms with Crippen molar-refractivity contribution in [3.63, 3.8) is 0 Å². The Kier molecular flexibility index (Phi) is 5.72. The molecule has 1 fully saturated rings. The average molecular weight is 374 g/mol. The summed E-state index contributed by atoms with van der Waals surface area (Å²) in [5.74, 6) is 0.674. The molecule has 3 amide bonds. The van der Waals surface area contributed by atoms with Crippen molar-refractivity contribution in [1.82, 2.24) is 20.5 Å². The molecule has 1 saturated heterocycles. The van der Waals surface area contributed by atoms with E-state index >= 15 is 0 Å². The van der Waals surface area contributed by atoms with Gasteiger partial charge in [-0.3, -0.25) is 4.79 Å². The number of para-hydroxylation sites is 1. The number of hydrogen-bond donors (Lipinski definition) is 2. The zero-order chi connectivity index (χ0) is 18.5. The quantitative estimate of drug-likeness (QED) is 0.841. The first kappa shape index (κ1) is 18.2. The Bertz CT molecular complexity index is 792. The Balaban J connectivity index is 1.64. The summed E-state index contributed by atoms with van der Waals surface area (Å²) in [6, 6.07) is 7.07. The van der Waals surface area contributed by atoms with Gasteiger partial charge in [0.05, 0.1) is 19.2 Å². The van der Waals surface area contributed by atoms with Gasteiger partial charge in [0, 0.05) is 24.2 Å². The molecule has 0 unspecified atom stereocenters. The summed E-state index contributed by atoms with van der Waals surface area (Å²) in [4.78, 5) is 31.3. The number of carbonyl (C=O) groups excluding carboxylic acids is 2. The molecular weight excluding hydrogens is 352 g/mol. The van der Waals surface area contributed by atoms with Crippen LogP contribution in [0.25, 0.3) is 10.6 Å². The first-order valence-corrected chi connectivity index (χ1v) is 9.36. The molecule has 0 bridgehead atoms. The molecule has 1 aliphatic heterocycles. The first-order valence-electron chi connectivity index (χ1n) is 8.54. The number of thiazole rings is 1. The van der Waals surface area contributed by atoms with Crippen LogP contribution in [0, 0.1) is 0 Å². The highest BCUT2D eigenvalue weighted by Crippen LogP contribution is 2.32. The number of amides is 3. The maximum absolute atomic E-state index is 12.5. The van der Waals surface area contributed by atoms with E-state index < -0.39 is 6.04 Å². The lowest BCUT2D eigenvalue weighted by Gasteiger charge is -2.34. The number of piperazine rings is 1. The molecule has 1 aromatic heterocycles. The van der Waals surface area contributed by atoms with Crippen LogP contribution in [0.1, 0.15) is 18.2 Å². The molecule has 2 N–H and O–H groups in total. The van der Waals surface area contributed by atoms with Gasteiger partial charge >= 0.3 is 6.03 Å². The fraction of sp³-hybridized carbons (Fsp3) is 0.389. The van der Waals surface area contributed by atoms with E-state index in [2.05, 4.69) is 15.6 Å². The molecule has 1 aromatic carbocycles. The lowest BCUT2D eigenvalue weighted by atomic mass is 10.1. The van der Waals surface area contributed by atoms with Gasteiger partial charge in [-0.1, -0.05) is 19.1 Å². The molecule has 7 nitrogen and oxygen atoms in total. The minimum absolute atomic E-state index is 0.0925. The van der Waals surface area contributed by atoms with E-state index in [-0.39, 0.29) is 11.9 Å². The van der Waals surface area contributed by atoms with Gasteiger partial charge in [-0.15, -0.1) is 11.3 Å². The topological polar surface area (TPSA) is 83.6 Å². The molecular formula is C18H22N4O3S. The van der Waals surface area contributed by atoms with Crippen molar-refractivity contribution in [1.29, 1.82) is 0 Å². The number of urea groups is 1. The molecule has 0 radical (unpaired) electrons. The summed E-state index contributed by atoms with van der Waals surface area (Å²) < 4.78 is 5.37. The summed E-state index contributed by atoms with van der Waals surface area (Å²) in [6.45, 7) is 3.28. The van der Waals surface area contributed by atoms with Gasteiger partial charge in [0.2, 0.25) is 5.91 Å². The van der Waals surface area contributed by atoms with Crippen LogP contribution in [0.4, 0.5) is 4.79 Å². The summed E-state index contributed by atoms with van der Waals surface area (Å²) in [5, 5.41) is 6.53. The highest BCUT2D eigenvalue weighted by Gasteiger charge is 2.31. The van der Waals surface area contributed by atoms with E-state index in [0.29, 0.717) is 26.1 Å². The lowest BCUT2D eigenvalue weighted by molar-refractivity contribution is -0.127. The average Bonchev–Trinajstić information content (AvgIpc) is 3.14. The predicted molar refractivity (Wildman–Crippen MR) is 100 cm³/mol. The highest BCUT2D eigenvalue weighted by molar-refractivity contribution is 7.15. The van der Waals surface area contributed by atoms with Crippen molar-refractivity contribution in [2.45, 2.75) is 25.9 Å². The second-order valence-electron chi connectivity index (χ2n) is 5.90.